The monoisotopic (exact) mass is 317 g/mol. The molecule has 0 aliphatic carbocycles. The molecule has 6 nitrogen and oxygen atoms in total. The van der Waals surface area contributed by atoms with E-state index in [0.717, 1.165) is 0 Å². The van der Waals surface area contributed by atoms with Gasteiger partial charge in [-0.2, -0.15) is 0 Å². The molecule has 0 spiro atoms. The summed E-state index contributed by atoms with van der Waals surface area (Å²) < 4.78 is 27.1. The van der Waals surface area contributed by atoms with Gasteiger partial charge in [0.2, 0.25) is 15.9 Å². The molecule has 20 heavy (non-hydrogen) atoms. The number of benzene rings is 1. The van der Waals surface area contributed by atoms with E-state index in [1.807, 2.05) is 0 Å². The van der Waals surface area contributed by atoms with Gasteiger partial charge in [0.05, 0.1) is 4.90 Å². The van der Waals surface area contributed by atoms with E-state index in [1.54, 1.807) is 6.92 Å². The Morgan fingerprint density at radius 3 is 2.70 bits per heavy atom. The molecule has 1 aliphatic heterocycles. The van der Waals surface area contributed by atoms with Gasteiger partial charge in [-0.15, -0.1) is 0 Å². The van der Waals surface area contributed by atoms with E-state index >= 15 is 0 Å². The van der Waals surface area contributed by atoms with Crippen LogP contribution in [0.15, 0.2) is 17.0 Å². The molecule has 1 atom stereocenters. The average molecular weight is 318 g/mol. The van der Waals surface area contributed by atoms with E-state index in [2.05, 4.69) is 10.0 Å². The van der Waals surface area contributed by atoms with Gasteiger partial charge in [-0.25, -0.2) is 13.1 Å². The Bertz CT molecular complexity index is 612. The Hall–Kier alpha value is -1.31. The van der Waals surface area contributed by atoms with Crippen molar-refractivity contribution in [2.24, 2.45) is 0 Å². The van der Waals surface area contributed by atoms with Gasteiger partial charge in [-0.05, 0) is 31.0 Å². The van der Waals surface area contributed by atoms with E-state index in [4.69, 9.17) is 17.3 Å². The second-order valence-corrected chi connectivity index (χ2v) is 6.90. The summed E-state index contributed by atoms with van der Waals surface area (Å²) >= 11 is 5.96. The molecule has 1 heterocycles. The van der Waals surface area contributed by atoms with Crippen LogP contribution in [0.25, 0.3) is 0 Å². The number of halogens is 1. The van der Waals surface area contributed by atoms with Gasteiger partial charge in [0, 0.05) is 29.7 Å². The lowest BCUT2D eigenvalue weighted by Gasteiger charge is -2.23. The van der Waals surface area contributed by atoms with E-state index in [9.17, 15) is 13.2 Å². The van der Waals surface area contributed by atoms with E-state index in [1.165, 1.54) is 12.1 Å². The largest absolute Gasteiger partial charge is 0.398 e. The van der Waals surface area contributed by atoms with Gasteiger partial charge in [-0.3, -0.25) is 4.79 Å². The Morgan fingerprint density at radius 2 is 2.15 bits per heavy atom. The predicted octanol–water partition coefficient (Wildman–Crippen LogP) is 0.788. The molecule has 110 valence electrons. The number of carbonyl (C=O) groups is 1. The lowest BCUT2D eigenvalue weighted by atomic mass is 10.1. The third kappa shape index (κ3) is 3.23. The smallest absolute Gasteiger partial charge is 0.241 e. The van der Waals surface area contributed by atoms with Crippen LogP contribution in [0.2, 0.25) is 5.02 Å². The number of hydrogen-bond acceptors (Lipinski definition) is 4. The summed E-state index contributed by atoms with van der Waals surface area (Å²) in [7, 11) is -3.70. The molecule has 1 unspecified atom stereocenters. The molecule has 1 aromatic carbocycles. The van der Waals surface area contributed by atoms with Crippen molar-refractivity contribution in [2.45, 2.75) is 30.7 Å². The number of carbonyl (C=O) groups excluding carboxylic acids is 1. The molecule has 0 aromatic heterocycles. The molecule has 1 aliphatic rings. The topological polar surface area (TPSA) is 101 Å². The second-order valence-electron chi connectivity index (χ2n) is 4.78. The van der Waals surface area contributed by atoms with Gasteiger partial charge in [0.15, 0.2) is 0 Å². The van der Waals surface area contributed by atoms with Crippen LogP contribution >= 0.6 is 11.6 Å². The van der Waals surface area contributed by atoms with Crippen LogP contribution in [0, 0.1) is 6.92 Å². The molecule has 0 radical (unpaired) electrons. The fraction of sp³-hybridized carbons (Fsp3) is 0.417. The van der Waals surface area contributed by atoms with E-state index in [0.29, 0.717) is 29.1 Å². The first-order chi connectivity index (χ1) is 9.29. The van der Waals surface area contributed by atoms with Gasteiger partial charge in [0.25, 0.3) is 0 Å². The van der Waals surface area contributed by atoms with E-state index < -0.39 is 10.0 Å². The number of sulfonamides is 1. The molecule has 1 fully saturated rings. The lowest BCUT2D eigenvalue weighted by Crippen LogP contribution is -2.47. The van der Waals surface area contributed by atoms with Crippen LogP contribution in [0.1, 0.15) is 18.4 Å². The molecule has 4 N–H and O–H groups in total. The van der Waals surface area contributed by atoms with E-state index in [-0.39, 0.29) is 23.4 Å². The van der Waals surface area contributed by atoms with Crippen molar-refractivity contribution in [2.75, 3.05) is 12.3 Å². The Morgan fingerprint density at radius 1 is 1.45 bits per heavy atom. The Balaban J connectivity index is 2.20. The molecule has 2 rings (SSSR count). The summed E-state index contributed by atoms with van der Waals surface area (Å²) in [6.07, 6.45) is 0.782. The van der Waals surface area contributed by atoms with Gasteiger partial charge in [0.1, 0.15) is 0 Å². The van der Waals surface area contributed by atoms with Crippen LogP contribution < -0.4 is 15.8 Å². The number of nitrogens with one attached hydrogen (secondary N) is 2. The number of hydrogen-bond donors (Lipinski definition) is 3. The predicted molar refractivity (Wildman–Crippen MR) is 77.0 cm³/mol. The van der Waals surface area contributed by atoms with Crippen molar-refractivity contribution in [3.05, 3.63) is 22.7 Å². The molecule has 1 saturated heterocycles. The maximum Gasteiger partial charge on any atom is 0.241 e. The minimum atomic E-state index is -3.70. The number of nitrogen functional groups attached to an aromatic ring is 1. The van der Waals surface area contributed by atoms with Crippen molar-refractivity contribution >= 4 is 33.2 Å². The van der Waals surface area contributed by atoms with Crippen molar-refractivity contribution in [1.82, 2.24) is 10.0 Å². The number of amides is 1. The van der Waals surface area contributed by atoms with Crippen LogP contribution in [-0.2, 0) is 14.8 Å². The second kappa shape index (κ2) is 5.59. The Kier molecular flexibility index (Phi) is 4.22. The fourth-order valence-corrected chi connectivity index (χ4v) is 3.57. The minimum absolute atomic E-state index is 0.0301. The zero-order chi connectivity index (χ0) is 14.9. The molecule has 1 amide bonds. The first-order valence-electron chi connectivity index (χ1n) is 6.14. The number of nitrogens with two attached hydrogens (primary N) is 1. The summed E-state index contributed by atoms with van der Waals surface area (Å²) in [6.45, 7) is 2.01. The quantitative estimate of drug-likeness (QED) is 0.717. The highest BCUT2D eigenvalue weighted by molar-refractivity contribution is 7.89. The Labute approximate surface area is 122 Å². The normalized spacial score (nSPS) is 19.7. The average Bonchev–Trinajstić information content (AvgIpc) is 2.38. The maximum absolute atomic E-state index is 12.3. The summed E-state index contributed by atoms with van der Waals surface area (Å²) in [5.41, 5.74) is 6.71. The van der Waals surface area contributed by atoms with Crippen molar-refractivity contribution < 1.29 is 13.2 Å². The van der Waals surface area contributed by atoms with Crippen LogP contribution in [-0.4, -0.2) is 26.9 Å². The zero-order valence-corrected chi connectivity index (χ0v) is 12.5. The summed E-state index contributed by atoms with van der Waals surface area (Å²) in [6, 6.07) is 2.43. The highest BCUT2D eigenvalue weighted by atomic mass is 35.5. The third-order valence-corrected chi connectivity index (χ3v) is 5.15. The third-order valence-electron chi connectivity index (χ3n) is 3.26. The van der Waals surface area contributed by atoms with Crippen molar-refractivity contribution in [1.29, 1.82) is 0 Å². The fourth-order valence-electron chi connectivity index (χ4n) is 1.95. The molecular formula is C12H16ClN3O3S. The molecule has 8 heteroatoms. The lowest BCUT2D eigenvalue weighted by molar-refractivity contribution is -0.122. The zero-order valence-electron chi connectivity index (χ0n) is 10.9. The first-order valence-corrected chi connectivity index (χ1v) is 8.00. The van der Waals surface area contributed by atoms with Gasteiger partial charge < -0.3 is 11.1 Å². The number of rotatable bonds is 3. The number of anilines is 1. The van der Waals surface area contributed by atoms with Crippen LogP contribution in [0.3, 0.4) is 0 Å². The summed E-state index contributed by atoms with van der Waals surface area (Å²) in [4.78, 5) is 11.1. The SMILES string of the molecule is Cc1c(N)cc(S(=O)(=O)NC2CCC(=O)NC2)cc1Cl. The van der Waals surface area contributed by atoms with Crippen molar-refractivity contribution in [3.8, 4) is 0 Å². The first kappa shape index (κ1) is 15.1. The highest BCUT2D eigenvalue weighted by Crippen LogP contribution is 2.26. The standard InChI is InChI=1S/C12H16ClN3O3S/c1-7-10(13)4-9(5-11(7)14)20(18,19)16-8-2-3-12(17)15-6-8/h4-5,8,16H,2-3,6,14H2,1H3,(H,15,17). The molecule has 1 aromatic rings. The molecular weight excluding hydrogens is 302 g/mol. The molecule has 0 saturated carbocycles. The van der Waals surface area contributed by atoms with Crippen molar-refractivity contribution in [3.63, 3.8) is 0 Å². The number of piperidine rings is 1. The van der Waals surface area contributed by atoms with Crippen LogP contribution in [0.4, 0.5) is 5.69 Å². The van der Waals surface area contributed by atoms with Crippen LogP contribution in [0.5, 0.6) is 0 Å². The van der Waals surface area contributed by atoms with Gasteiger partial charge in [-0.1, -0.05) is 11.6 Å². The summed E-state index contributed by atoms with van der Waals surface area (Å²) in [5.74, 6) is -0.0666. The maximum atomic E-state index is 12.3. The summed E-state index contributed by atoms with van der Waals surface area (Å²) in [5, 5.41) is 2.93. The highest BCUT2D eigenvalue weighted by Gasteiger charge is 2.25. The van der Waals surface area contributed by atoms with Gasteiger partial charge >= 0.3 is 0 Å². The molecule has 0 bridgehead atoms. The minimum Gasteiger partial charge on any atom is -0.398 e.